The average molecular weight is 311 g/mol. The van der Waals surface area contributed by atoms with Gasteiger partial charge in [-0.1, -0.05) is 64.7 Å². The summed E-state index contributed by atoms with van der Waals surface area (Å²) in [4.78, 5) is 24.7. The first-order valence-electron chi connectivity index (χ1n) is 9.19. The second kappa shape index (κ2) is 11.5. The van der Waals surface area contributed by atoms with E-state index in [2.05, 4.69) is 6.92 Å². The first kappa shape index (κ1) is 19.0. The Labute approximate surface area is 135 Å². The van der Waals surface area contributed by atoms with Gasteiger partial charge in [-0.3, -0.25) is 4.79 Å². The molecule has 1 atom stereocenters. The predicted molar refractivity (Wildman–Crippen MR) is 88.8 cm³/mol. The largest absolute Gasteiger partial charge is 0.480 e. The number of nitrogens with zero attached hydrogens (tertiary/aromatic N) is 1. The van der Waals surface area contributed by atoms with E-state index >= 15 is 0 Å². The lowest BCUT2D eigenvalue weighted by atomic mass is 10.0. The highest BCUT2D eigenvalue weighted by molar-refractivity contribution is 5.84. The fraction of sp³-hybridized carbons (Fsp3) is 0.889. The van der Waals surface area contributed by atoms with E-state index in [1.807, 2.05) is 0 Å². The van der Waals surface area contributed by atoms with Gasteiger partial charge in [-0.2, -0.15) is 0 Å². The SMILES string of the molecule is CCCCCCCCCCCCN1C(=O)CCCC1C(=O)O. The van der Waals surface area contributed by atoms with E-state index in [-0.39, 0.29) is 5.91 Å². The zero-order chi connectivity index (χ0) is 16.2. The average Bonchev–Trinajstić information content (AvgIpc) is 2.50. The first-order valence-corrected chi connectivity index (χ1v) is 9.19. The third kappa shape index (κ3) is 7.28. The summed E-state index contributed by atoms with van der Waals surface area (Å²) in [6.45, 7) is 2.86. The number of amides is 1. The van der Waals surface area contributed by atoms with Crippen LogP contribution in [0.3, 0.4) is 0 Å². The van der Waals surface area contributed by atoms with E-state index in [1.54, 1.807) is 4.90 Å². The number of hydrogen-bond donors (Lipinski definition) is 1. The Morgan fingerprint density at radius 1 is 1.05 bits per heavy atom. The summed E-state index contributed by atoms with van der Waals surface area (Å²) in [5, 5.41) is 9.19. The molecule has 22 heavy (non-hydrogen) atoms. The van der Waals surface area contributed by atoms with Crippen molar-refractivity contribution in [2.75, 3.05) is 6.54 Å². The summed E-state index contributed by atoms with van der Waals surface area (Å²) in [7, 11) is 0. The van der Waals surface area contributed by atoms with Crippen LogP contribution in [0.15, 0.2) is 0 Å². The van der Waals surface area contributed by atoms with Crippen molar-refractivity contribution in [3.05, 3.63) is 0 Å². The van der Waals surface area contributed by atoms with Crippen LogP contribution in [0.2, 0.25) is 0 Å². The molecule has 0 aromatic heterocycles. The van der Waals surface area contributed by atoms with Gasteiger partial charge in [-0.25, -0.2) is 4.79 Å². The highest BCUT2D eigenvalue weighted by atomic mass is 16.4. The summed E-state index contributed by atoms with van der Waals surface area (Å²) in [6.07, 6.45) is 14.4. The molecule has 1 saturated heterocycles. The van der Waals surface area contributed by atoms with Gasteiger partial charge in [-0.05, 0) is 19.3 Å². The summed E-state index contributed by atoms with van der Waals surface area (Å²) in [6, 6.07) is -0.584. The number of carboxylic acids is 1. The molecule has 1 unspecified atom stereocenters. The van der Waals surface area contributed by atoms with Crippen molar-refractivity contribution < 1.29 is 14.7 Å². The van der Waals surface area contributed by atoms with Crippen LogP contribution in [0.1, 0.15) is 90.4 Å². The van der Waals surface area contributed by atoms with Gasteiger partial charge in [0.15, 0.2) is 0 Å². The third-order valence-electron chi connectivity index (χ3n) is 4.60. The lowest BCUT2D eigenvalue weighted by Crippen LogP contribution is -2.48. The molecular weight excluding hydrogens is 278 g/mol. The van der Waals surface area contributed by atoms with Gasteiger partial charge in [0, 0.05) is 13.0 Å². The number of piperidine rings is 1. The molecule has 4 heteroatoms. The van der Waals surface area contributed by atoms with Crippen LogP contribution in [0.5, 0.6) is 0 Å². The number of aliphatic carboxylic acids is 1. The van der Waals surface area contributed by atoms with Crippen molar-refractivity contribution in [3.8, 4) is 0 Å². The fourth-order valence-corrected chi connectivity index (χ4v) is 3.23. The number of carbonyl (C=O) groups excluding carboxylic acids is 1. The molecule has 1 fully saturated rings. The second-order valence-electron chi connectivity index (χ2n) is 6.52. The number of hydrogen-bond acceptors (Lipinski definition) is 2. The standard InChI is InChI=1S/C18H33NO3/c1-2-3-4-5-6-7-8-9-10-11-15-19-16(18(21)22)13-12-14-17(19)20/h16H,2-15H2,1H3,(H,21,22). The first-order chi connectivity index (χ1) is 10.7. The van der Waals surface area contributed by atoms with Crippen LogP contribution in [0, 0.1) is 0 Å². The van der Waals surface area contributed by atoms with E-state index in [1.165, 1.54) is 51.4 Å². The summed E-state index contributed by atoms with van der Waals surface area (Å²) >= 11 is 0. The maximum Gasteiger partial charge on any atom is 0.326 e. The van der Waals surface area contributed by atoms with Crippen LogP contribution >= 0.6 is 0 Å². The molecule has 0 spiro atoms. The van der Waals surface area contributed by atoms with Gasteiger partial charge in [-0.15, -0.1) is 0 Å². The molecule has 0 aliphatic carbocycles. The molecule has 0 saturated carbocycles. The van der Waals surface area contributed by atoms with Gasteiger partial charge in [0.2, 0.25) is 5.91 Å². The van der Waals surface area contributed by atoms with Crippen molar-refractivity contribution in [1.82, 2.24) is 4.90 Å². The lowest BCUT2D eigenvalue weighted by Gasteiger charge is -2.32. The Bertz CT molecular complexity index is 330. The normalized spacial score (nSPS) is 18.7. The quantitative estimate of drug-likeness (QED) is 0.544. The van der Waals surface area contributed by atoms with E-state index in [4.69, 9.17) is 0 Å². The summed E-state index contributed by atoms with van der Waals surface area (Å²) < 4.78 is 0. The molecule has 4 nitrogen and oxygen atoms in total. The minimum atomic E-state index is -0.847. The molecule has 1 heterocycles. The number of carboxylic acid groups (broad SMARTS) is 1. The van der Waals surface area contributed by atoms with Crippen molar-refractivity contribution >= 4 is 11.9 Å². The predicted octanol–water partition coefficient (Wildman–Crippen LogP) is 4.37. The van der Waals surface area contributed by atoms with Crippen LogP contribution in [-0.2, 0) is 9.59 Å². The van der Waals surface area contributed by atoms with E-state index in [0.29, 0.717) is 25.8 Å². The zero-order valence-electron chi connectivity index (χ0n) is 14.2. The second-order valence-corrected chi connectivity index (χ2v) is 6.52. The molecule has 0 radical (unpaired) electrons. The Balaban J connectivity index is 2.05. The molecule has 0 aromatic carbocycles. The minimum Gasteiger partial charge on any atom is -0.480 e. The minimum absolute atomic E-state index is 0.0228. The lowest BCUT2D eigenvalue weighted by molar-refractivity contribution is -0.153. The molecule has 1 aliphatic rings. The van der Waals surface area contributed by atoms with Crippen LogP contribution < -0.4 is 0 Å². The van der Waals surface area contributed by atoms with Crippen LogP contribution in [0.25, 0.3) is 0 Å². The number of carbonyl (C=O) groups is 2. The van der Waals surface area contributed by atoms with Crippen molar-refractivity contribution in [2.24, 2.45) is 0 Å². The van der Waals surface area contributed by atoms with Crippen molar-refractivity contribution in [1.29, 1.82) is 0 Å². The molecule has 1 N–H and O–H groups in total. The molecule has 128 valence electrons. The Kier molecular flexibility index (Phi) is 9.93. The zero-order valence-corrected chi connectivity index (χ0v) is 14.2. The monoisotopic (exact) mass is 311 g/mol. The fourth-order valence-electron chi connectivity index (χ4n) is 3.23. The van der Waals surface area contributed by atoms with Crippen molar-refractivity contribution in [3.63, 3.8) is 0 Å². The molecular formula is C18H33NO3. The summed E-state index contributed by atoms with van der Waals surface area (Å²) in [5.41, 5.74) is 0. The highest BCUT2D eigenvalue weighted by Crippen LogP contribution is 2.19. The maximum atomic E-state index is 11.9. The Morgan fingerprint density at radius 2 is 1.59 bits per heavy atom. The van der Waals surface area contributed by atoms with Gasteiger partial charge >= 0.3 is 5.97 Å². The molecule has 0 aromatic rings. The van der Waals surface area contributed by atoms with Crippen LogP contribution in [0.4, 0.5) is 0 Å². The number of likely N-dealkylation sites (tertiary alicyclic amines) is 1. The number of unbranched alkanes of at least 4 members (excludes halogenated alkanes) is 9. The maximum absolute atomic E-state index is 11.9. The van der Waals surface area contributed by atoms with E-state index in [0.717, 1.165) is 12.8 Å². The molecule has 0 bridgehead atoms. The smallest absolute Gasteiger partial charge is 0.326 e. The van der Waals surface area contributed by atoms with Gasteiger partial charge in [0.05, 0.1) is 0 Å². The van der Waals surface area contributed by atoms with Crippen molar-refractivity contribution in [2.45, 2.75) is 96.4 Å². The van der Waals surface area contributed by atoms with E-state index in [9.17, 15) is 14.7 Å². The van der Waals surface area contributed by atoms with Crippen LogP contribution in [-0.4, -0.2) is 34.5 Å². The number of rotatable bonds is 12. The molecule has 1 rings (SSSR count). The van der Waals surface area contributed by atoms with Gasteiger partial charge < -0.3 is 10.0 Å². The topological polar surface area (TPSA) is 57.6 Å². The molecule has 1 aliphatic heterocycles. The third-order valence-corrected chi connectivity index (χ3v) is 4.60. The van der Waals surface area contributed by atoms with Gasteiger partial charge in [0.1, 0.15) is 6.04 Å². The Morgan fingerprint density at radius 3 is 2.14 bits per heavy atom. The highest BCUT2D eigenvalue weighted by Gasteiger charge is 2.32. The summed E-state index contributed by atoms with van der Waals surface area (Å²) in [5.74, 6) is -0.824. The van der Waals surface area contributed by atoms with E-state index < -0.39 is 12.0 Å². The Hall–Kier alpha value is -1.06. The molecule has 1 amide bonds. The van der Waals surface area contributed by atoms with Gasteiger partial charge in [0.25, 0.3) is 0 Å².